The van der Waals surface area contributed by atoms with E-state index in [0.29, 0.717) is 6.54 Å². The van der Waals surface area contributed by atoms with Gasteiger partial charge in [0.25, 0.3) is 0 Å². The minimum atomic E-state index is -0.333. The highest BCUT2D eigenvalue weighted by molar-refractivity contribution is 5.79. The van der Waals surface area contributed by atoms with Crippen molar-refractivity contribution in [2.24, 2.45) is 5.73 Å². The Kier molecular flexibility index (Phi) is 4.23. The molecule has 84 valence electrons. The highest BCUT2D eigenvalue weighted by atomic mass is 16.2. The average Bonchev–Trinajstić information content (AvgIpc) is 2.68. The van der Waals surface area contributed by atoms with Crippen LogP contribution in [-0.2, 0) is 4.79 Å². The Labute approximate surface area is 88.9 Å². The van der Waals surface area contributed by atoms with Crippen molar-refractivity contribution in [1.29, 1.82) is 0 Å². The van der Waals surface area contributed by atoms with Crippen molar-refractivity contribution in [3.63, 3.8) is 0 Å². The Morgan fingerprint density at radius 3 is 2.87 bits per heavy atom. The lowest BCUT2D eigenvalue weighted by molar-refractivity contribution is -0.124. The van der Waals surface area contributed by atoms with Crippen molar-refractivity contribution in [3.8, 4) is 0 Å². The van der Waals surface area contributed by atoms with Gasteiger partial charge >= 0.3 is 0 Å². The minimum absolute atomic E-state index is 0.0684. The lowest BCUT2D eigenvalue weighted by Crippen LogP contribution is -2.34. The van der Waals surface area contributed by atoms with Crippen LogP contribution in [0.4, 0.5) is 0 Å². The number of nitrogens with zero attached hydrogens (tertiary/aromatic N) is 3. The quantitative estimate of drug-likeness (QED) is 0.699. The fourth-order valence-corrected chi connectivity index (χ4v) is 1.11. The fraction of sp³-hybridized carbons (Fsp3) is 0.667. The second-order valence-corrected chi connectivity index (χ2v) is 3.61. The first-order chi connectivity index (χ1) is 7.11. The lowest BCUT2D eigenvalue weighted by atomic mass is 10.2. The molecule has 2 atom stereocenters. The molecule has 1 aromatic heterocycles. The van der Waals surface area contributed by atoms with Crippen LogP contribution in [0.15, 0.2) is 12.7 Å². The molecule has 0 aromatic carbocycles. The van der Waals surface area contributed by atoms with Gasteiger partial charge in [-0.1, -0.05) is 0 Å². The van der Waals surface area contributed by atoms with Crippen LogP contribution in [0.3, 0.4) is 0 Å². The van der Waals surface area contributed by atoms with Crippen molar-refractivity contribution in [3.05, 3.63) is 12.7 Å². The van der Waals surface area contributed by atoms with Crippen LogP contribution in [0.25, 0.3) is 0 Å². The Morgan fingerprint density at radius 2 is 2.33 bits per heavy atom. The van der Waals surface area contributed by atoms with E-state index in [9.17, 15) is 4.79 Å². The van der Waals surface area contributed by atoms with Gasteiger partial charge in [0.1, 0.15) is 18.7 Å². The molecule has 0 radical (unpaired) electrons. The maximum atomic E-state index is 11.6. The van der Waals surface area contributed by atoms with E-state index < -0.39 is 0 Å². The summed E-state index contributed by atoms with van der Waals surface area (Å²) >= 11 is 0. The molecule has 1 rings (SSSR count). The molecular weight excluding hydrogens is 194 g/mol. The maximum Gasteiger partial charge on any atom is 0.244 e. The average molecular weight is 211 g/mol. The molecule has 6 heteroatoms. The third-order valence-corrected chi connectivity index (χ3v) is 2.11. The van der Waals surface area contributed by atoms with Crippen LogP contribution in [0.2, 0.25) is 0 Å². The van der Waals surface area contributed by atoms with Crippen molar-refractivity contribution in [2.45, 2.75) is 32.4 Å². The van der Waals surface area contributed by atoms with E-state index in [1.54, 1.807) is 6.92 Å². The van der Waals surface area contributed by atoms with E-state index in [2.05, 4.69) is 15.4 Å². The van der Waals surface area contributed by atoms with Gasteiger partial charge in [-0.05, 0) is 20.3 Å². The molecule has 0 spiro atoms. The lowest BCUT2D eigenvalue weighted by Gasteiger charge is -2.12. The molecule has 1 aromatic rings. The summed E-state index contributed by atoms with van der Waals surface area (Å²) in [6, 6.07) is -0.229. The third-order valence-electron chi connectivity index (χ3n) is 2.11. The van der Waals surface area contributed by atoms with Crippen LogP contribution in [-0.4, -0.2) is 33.3 Å². The van der Waals surface area contributed by atoms with E-state index in [1.165, 1.54) is 17.3 Å². The second-order valence-electron chi connectivity index (χ2n) is 3.61. The Hall–Kier alpha value is -1.43. The van der Waals surface area contributed by atoms with Gasteiger partial charge in [0, 0.05) is 12.6 Å². The molecule has 0 fully saturated rings. The molecule has 3 N–H and O–H groups in total. The molecule has 15 heavy (non-hydrogen) atoms. The number of aromatic nitrogens is 3. The zero-order valence-electron chi connectivity index (χ0n) is 9.05. The van der Waals surface area contributed by atoms with E-state index in [-0.39, 0.29) is 18.0 Å². The number of nitrogens with two attached hydrogens (primary N) is 1. The highest BCUT2D eigenvalue weighted by Crippen LogP contribution is 2.01. The predicted octanol–water partition coefficient (Wildman–Crippen LogP) is -0.307. The fourth-order valence-electron chi connectivity index (χ4n) is 1.11. The summed E-state index contributed by atoms with van der Waals surface area (Å²) in [5, 5.41) is 6.69. The third kappa shape index (κ3) is 3.67. The highest BCUT2D eigenvalue weighted by Gasteiger charge is 2.14. The second kappa shape index (κ2) is 5.45. The SMILES string of the molecule is CC(N)CCNC(=O)C(C)n1cncn1. The smallest absolute Gasteiger partial charge is 0.244 e. The van der Waals surface area contributed by atoms with Gasteiger partial charge in [-0.25, -0.2) is 9.67 Å². The van der Waals surface area contributed by atoms with Crippen molar-refractivity contribution in [2.75, 3.05) is 6.54 Å². The predicted molar refractivity (Wildman–Crippen MR) is 56.0 cm³/mol. The molecule has 0 aliphatic heterocycles. The number of hydrogen-bond donors (Lipinski definition) is 2. The molecule has 6 nitrogen and oxygen atoms in total. The topological polar surface area (TPSA) is 85.8 Å². The van der Waals surface area contributed by atoms with Gasteiger partial charge in [-0.15, -0.1) is 0 Å². The van der Waals surface area contributed by atoms with Crippen LogP contribution in [0.1, 0.15) is 26.3 Å². The summed E-state index contributed by atoms with van der Waals surface area (Å²) in [6.45, 7) is 4.28. The largest absolute Gasteiger partial charge is 0.354 e. The molecule has 1 amide bonds. The van der Waals surface area contributed by atoms with Crippen molar-refractivity contribution in [1.82, 2.24) is 20.1 Å². The minimum Gasteiger partial charge on any atom is -0.354 e. The van der Waals surface area contributed by atoms with Gasteiger partial charge in [0.05, 0.1) is 0 Å². The number of carbonyl (C=O) groups is 1. The molecule has 0 aliphatic rings. The summed E-state index contributed by atoms with van der Waals surface area (Å²) in [4.78, 5) is 15.4. The first kappa shape index (κ1) is 11.6. The summed E-state index contributed by atoms with van der Waals surface area (Å²) in [7, 11) is 0. The van der Waals surface area contributed by atoms with Crippen molar-refractivity contribution < 1.29 is 4.79 Å². The van der Waals surface area contributed by atoms with Crippen molar-refractivity contribution >= 4 is 5.91 Å². The summed E-state index contributed by atoms with van der Waals surface area (Å²) < 4.78 is 1.52. The van der Waals surface area contributed by atoms with Crippen LogP contribution >= 0.6 is 0 Å². The Bertz CT molecular complexity index is 295. The van der Waals surface area contributed by atoms with Crippen LogP contribution in [0, 0.1) is 0 Å². The molecule has 0 bridgehead atoms. The normalized spacial score (nSPS) is 14.6. The van der Waals surface area contributed by atoms with Gasteiger partial charge in [0.2, 0.25) is 5.91 Å². The van der Waals surface area contributed by atoms with E-state index in [0.717, 1.165) is 6.42 Å². The van der Waals surface area contributed by atoms with E-state index in [4.69, 9.17) is 5.73 Å². The first-order valence-corrected chi connectivity index (χ1v) is 4.98. The zero-order chi connectivity index (χ0) is 11.3. The van der Waals surface area contributed by atoms with Gasteiger partial charge in [0.15, 0.2) is 0 Å². The first-order valence-electron chi connectivity index (χ1n) is 4.98. The summed E-state index contributed by atoms with van der Waals surface area (Å²) in [5.41, 5.74) is 5.57. The van der Waals surface area contributed by atoms with Crippen LogP contribution < -0.4 is 11.1 Å². The maximum absolute atomic E-state index is 11.6. The number of carbonyl (C=O) groups excluding carboxylic acids is 1. The number of hydrogen-bond acceptors (Lipinski definition) is 4. The van der Waals surface area contributed by atoms with E-state index in [1.807, 2.05) is 6.92 Å². The zero-order valence-corrected chi connectivity index (χ0v) is 9.05. The number of rotatable bonds is 5. The number of nitrogens with one attached hydrogen (secondary N) is 1. The van der Waals surface area contributed by atoms with Gasteiger partial charge < -0.3 is 11.1 Å². The van der Waals surface area contributed by atoms with Crippen LogP contribution in [0.5, 0.6) is 0 Å². The molecule has 0 aliphatic carbocycles. The standard InChI is InChI=1S/C9H17N5O/c1-7(10)3-4-12-9(15)8(2)14-6-11-5-13-14/h5-8H,3-4,10H2,1-2H3,(H,12,15). The Balaban J connectivity index is 2.34. The summed E-state index contributed by atoms with van der Waals surface area (Å²) in [6.07, 6.45) is 3.71. The monoisotopic (exact) mass is 211 g/mol. The molecule has 1 heterocycles. The van der Waals surface area contributed by atoms with Gasteiger partial charge in [-0.3, -0.25) is 4.79 Å². The molecule has 2 unspecified atom stereocenters. The molecular formula is C9H17N5O. The Morgan fingerprint density at radius 1 is 1.60 bits per heavy atom. The number of amides is 1. The van der Waals surface area contributed by atoms with Gasteiger partial charge in [-0.2, -0.15) is 5.10 Å². The van der Waals surface area contributed by atoms with E-state index >= 15 is 0 Å². The molecule has 0 saturated heterocycles. The molecule has 0 saturated carbocycles. The summed E-state index contributed by atoms with van der Waals surface area (Å²) in [5.74, 6) is -0.0684.